The second kappa shape index (κ2) is 6.98. The number of H-pyrrole nitrogens is 1. The summed E-state index contributed by atoms with van der Waals surface area (Å²) in [5.74, 6) is 1.54. The minimum atomic E-state index is -0.546. The molecule has 9 heteroatoms. The molecule has 0 amide bonds. The number of benzene rings is 2. The number of nitro groups is 1. The number of nitro benzene ring substituents is 1. The molecule has 0 saturated carbocycles. The van der Waals surface area contributed by atoms with Crippen molar-refractivity contribution in [2.24, 2.45) is 0 Å². The number of rotatable bonds is 5. The second-order valence-corrected chi connectivity index (χ2v) is 6.09. The molecule has 122 valence electrons. The van der Waals surface area contributed by atoms with Gasteiger partial charge in [0.25, 0.3) is 5.69 Å². The molecule has 0 radical (unpaired) electrons. The van der Waals surface area contributed by atoms with E-state index in [9.17, 15) is 10.1 Å². The summed E-state index contributed by atoms with van der Waals surface area (Å²) in [5, 5.41) is 17.8. The van der Waals surface area contributed by atoms with E-state index in [2.05, 4.69) is 31.1 Å². The van der Waals surface area contributed by atoms with E-state index in [1.807, 2.05) is 24.3 Å². The number of hydrogen-bond acceptors (Lipinski definition) is 5. The summed E-state index contributed by atoms with van der Waals surface area (Å²) in [6, 6.07) is 11.8. The molecule has 0 aliphatic carbocycles. The molecule has 0 bridgehead atoms. The number of aromatic amines is 1. The summed E-state index contributed by atoms with van der Waals surface area (Å²) in [6.07, 6.45) is 0. The zero-order valence-corrected chi connectivity index (χ0v) is 14.4. The van der Waals surface area contributed by atoms with Crippen LogP contribution in [0.4, 0.5) is 5.69 Å². The van der Waals surface area contributed by atoms with Gasteiger partial charge in [0.15, 0.2) is 11.6 Å². The zero-order chi connectivity index (χ0) is 17.1. The third-order valence-corrected chi connectivity index (χ3v) is 3.97. The first kappa shape index (κ1) is 16.4. The summed E-state index contributed by atoms with van der Waals surface area (Å²) >= 11 is 9.15. The summed E-state index contributed by atoms with van der Waals surface area (Å²) in [7, 11) is 0. The molecule has 1 N–H and O–H groups in total. The van der Waals surface area contributed by atoms with Crippen LogP contribution in [-0.2, 0) is 6.61 Å². The molecular formula is C15H10BrClN4O3. The van der Waals surface area contributed by atoms with E-state index in [-0.39, 0.29) is 17.3 Å². The van der Waals surface area contributed by atoms with E-state index in [0.717, 1.165) is 4.47 Å². The van der Waals surface area contributed by atoms with Crippen molar-refractivity contribution < 1.29 is 9.66 Å². The molecule has 1 heterocycles. The Kier molecular flexibility index (Phi) is 4.77. The molecule has 24 heavy (non-hydrogen) atoms. The van der Waals surface area contributed by atoms with Gasteiger partial charge in [-0.15, -0.1) is 0 Å². The molecule has 0 atom stereocenters. The summed E-state index contributed by atoms with van der Waals surface area (Å²) in [5.41, 5.74) is 0.309. The number of hydrogen-bond donors (Lipinski definition) is 1. The first-order valence-electron chi connectivity index (χ1n) is 6.77. The van der Waals surface area contributed by atoms with Crippen LogP contribution in [0.3, 0.4) is 0 Å². The molecule has 0 aliphatic heterocycles. The van der Waals surface area contributed by atoms with E-state index in [0.29, 0.717) is 23.0 Å². The zero-order valence-electron chi connectivity index (χ0n) is 12.1. The highest BCUT2D eigenvalue weighted by Gasteiger charge is 2.15. The van der Waals surface area contributed by atoms with Gasteiger partial charge in [-0.05, 0) is 36.4 Å². The average Bonchev–Trinajstić information content (AvgIpc) is 3.03. The smallest absolute Gasteiger partial charge is 0.288 e. The number of halogens is 2. The molecule has 0 aliphatic rings. The Bertz CT molecular complexity index is 883. The van der Waals surface area contributed by atoms with Crippen LogP contribution in [0, 0.1) is 10.1 Å². The molecule has 0 saturated heterocycles. The lowest BCUT2D eigenvalue weighted by Gasteiger charge is -2.03. The SMILES string of the molecule is O=[N+]([O-])c1cc(-c2n[nH]c(COc3ccc(Br)cc3)n2)ccc1Cl. The van der Waals surface area contributed by atoms with Gasteiger partial charge >= 0.3 is 0 Å². The van der Waals surface area contributed by atoms with E-state index >= 15 is 0 Å². The van der Waals surface area contributed by atoms with Crippen molar-refractivity contribution in [3.8, 4) is 17.1 Å². The standard InChI is InChI=1S/C15H10BrClN4O3/c16-10-2-4-11(5-3-10)24-8-14-18-15(20-19-14)9-1-6-12(17)13(7-9)21(22)23/h1-7H,8H2,(H,18,19,20). The van der Waals surface area contributed by atoms with Gasteiger partial charge in [0.2, 0.25) is 0 Å². The van der Waals surface area contributed by atoms with Crippen molar-refractivity contribution in [2.75, 3.05) is 0 Å². The second-order valence-electron chi connectivity index (χ2n) is 4.77. The first-order valence-corrected chi connectivity index (χ1v) is 7.94. The van der Waals surface area contributed by atoms with Gasteiger partial charge in [-0.2, -0.15) is 5.10 Å². The molecule has 0 spiro atoms. The van der Waals surface area contributed by atoms with Crippen LogP contribution in [0.1, 0.15) is 5.82 Å². The van der Waals surface area contributed by atoms with Crippen molar-refractivity contribution in [3.63, 3.8) is 0 Å². The molecule has 0 fully saturated rings. The van der Waals surface area contributed by atoms with E-state index < -0.39 is 4.92 Å². The van der Waals surface area contributed by atoms with E-state index in [1.54, 1.807) is 6.07 Å². The molecule has 2 aromatic carbocycles. The van der Waals surface area contributed by atoms with Crippen LogP contribution in [0.5, 0.6) is 5.75 Å². The molecular weight excluding hydrogens is 400 g/mol. The van der Waals surface area contributed by atoms with Gasteiger partial charge in [-0.1, -0.05) is 27.5 Å². The summed E-state index contributed by atoms with van der Waals surface area (Å²) in [4.78, 5) is 14.7. The average molecular weight is 410 g/mol. The lowest BCUT2D eigenvalue weighted by molar-refractivity contribution is -0.384. The number of nitrogens with zero attached hydrogens (tertiary/aromatic N) is 3. The van der Waals surface area contributed by atoms with Crippen LogP contribution in [0.15, 0.2) is 46.9 Å². The minimum Gasteiger partial charge on any atom is -0.486 e. The van der Waals surface area contributed by atoms with Crippen molar-refractivity contribution >= 4 is 33.2 Å². The fourth-order valence-corrected chi connectivity index (χ4v) is 2.41. The lowest BCUT2D eigenvalue weighted by Crippen LogP contribution is -1.97. The third-order valence-electron chi connectivity index (χ3n) is 3.12. The summed E-state index contributed by atoms with van der Waals surface area (Å²) in [6.45, 7) is 0.199. The molecule has 7 nitrogen and oxygen atoms in total. The maximum absolute atomic E-state index is 10.9. The van der Waals surface area contributed by atoms with Crippen LogP contribution >= 0.6 is 27.5 Å². The first-order chi connectivity index (χ1) is 11.5. The maximum Gasteiger partial charge on any atom is 0.288 e. The Morgan fingerprint density at radius 1 is 1.25 bits per heavy atom. The Labute approximate surface area is 149 Å². The topological polar surface area (TPSA) is 93.9 Å². The number of aromatic nitrogens is 3. The molecule has 3 rings (SSSR count). The van der Waals surface area contributed by atoms with Crippen LogP contribution in [0.2, 0.25) is 5.02 Å². The molecule has 1 aromatic heterocycles. The van der Waals surface area contributed by atoms with Gasteiger partial charge in [-0.3, -0.25) is 15.2 Å². The van der Waals surface area contributed by atoms with E-state index in [1.165, 1.54) is 12.1 Å². The number of ether oxygens (including phenoxy) is 1. The molecule has 3 aromatic rings. The van der Waals surface area contributed by atoms with Gasteiger partial charge in [0.05, 0.1) is 4.92 Å². The normalized spacial score (nSPS) is 10.6. The highest BCUT2D eigenvalue weighted by molar-refractivity contribution is 9.10. The largest absolute Gasteiger partial charge is 0.486 e. The highest BCUT2D eigenvalue weighted by Crippen LogP contribution is 2.28. The van der Waals surface area contributed by atoms with Crippen molar-refractivity contribution in [2.45, 2.75) is 6.61 Å². The van der Waals surface area contributed by atoms with Gasteiger partial charge in [-0.25, -0.2) is 4.98 Å². The van der Waals surface area contributed by atoms with Gasteiger partial charge < -0.3 is 4.74 Å². The summed E-state index contributed by atoms with van der Waals surface area (Å²) < 4.78 is 6.55. The fourth-order valence-electron chi connectivity index (χ4n) is 1.96. The van der Waals surface area contributed by atoms with Crippen molar-refractivity contribution in [3.05, 3.63) is 67.9 Å². The predicted octanol–water partition coefficient (Wildman–Crippen LogP) is 4.37. The number of nitrogens with one attached hydrogen (secondary N) is 1. The van der Waals surface area contributed by atoms with Gasteiger partial charge in [0, 0.05) is 16.1 Å². The monoisotopic (exact) mass is 408 g/mol. The fraction of sp³-hybridized carbons (Fsp3) is 0.0667. The lowest BCUT2D eigenvalue weighted by atomic mass is 10.2. The Morgan fingerprint density at radius 2 is 2.00 bits per heavy atom. The van der Waals surface area contributed by atoms with Crippen molar-refractivity contribution in [1.29, 1.82) is 0 Å². The third kappa shape index (κ3) is 3.72. The van der Waals surface area contributed by atoms with Crippen LogP contribution in [0.25, 0.3) is 11.4 Å². The highest BCUT2D eigenvalue weighted by atomic mass is 79.9. The van der Waals surface area contributed by atoms with E-state index in [4.69, 9.17) is 16.3 Å². The molecule has 0 unspecified atom stereocenters. The van der Waals surface area contributed by atoms with Gasteiger partial charge in [0.1, 0.15) is 17.4 Å². The Hall–Kier alpha value is -2.45. The van der Waals surface area contributed by atoms with Crippen LogP contribution in [-0.4, -0.2) is 20.1 Å². The van der Waals surface area contributed by atoms with Crippen molar-refractivity contribution in [1.82, 2.24) is 15.2 Å². The quantitative estimate of drug-likeness (QED) is 0.498. The Balaban J connectivity index is 1.74. The minimum absolute atomic E-state index is 0.0677. The van der Waals surface area contributed by atoms with Crippen LogP contribution < -0.4 is 4.74 Å². The Morgan fingerprint density at radius 3 is 2.71 bits per heavy atom. The maximum atomic E-state index is 10.9. The predicted molar refractivity (Wildman–Crippen MR) is 92.0 cm³/mol.